The summed E-state index contributed by atoms with van der Waals surface area (Å²) in [4.78, 5) is 0. The van der Waals surface area contributed by atoms with E-state index in [9.17, 15) is 4.57 Å². The van der Waals surface area contributed by atoms with Gasteiger partial charge in [0, 0.05) is 39.5 Å². The van der Waals surface area contributed by atoms with Crippen LogP contribution in [0.3, 0.4) is 0 Å². The zero-order valence-electron chi connectivity index (χ0n) is 15.1. The standard InChI is InChI=1S/C7H15Cl2N2O2P/c8-2-5-11(6-3-9)14(12)10-4-1-7-13-14/h1-7H2,(H,10,12)/i2D2,3D2,4D2,7D2. The van der Waals surface area contributed by atoms with E-state index in [4.69, 9.17) is 38.7 Å². The molecule has 0 radical (unpaired) electrons. The maximum Gasteiger partial charge on any atom is 0.343 e. The third kappa shape index (κ3) is 3.37. The third-order valence-electron chi connectivity index (χ3n) is 1.43. The first-order valence-electron chi connectivity index (χ1n) is 7.67. The van der Waals surface area contributed by atoms with Crippen LogP contribution in [-0.4, -0.2) is 42.5 Å². The van der Waals surface area contributed by atoms with Crippen LogP contribution in [0.15, 0.2) is 0 Å². The van der Waals surface area contributed by atoms with Gasteiger partial charge in [0.1, 0.15) is 0 Å². The van der Waals surface area contributed by atoms with Crippen LogP contribution in [0.2, 0.25) is 0 Å². The molecule has 7 heteroatoms. The summed E-state index contributed by atoms with van der Waals surface area (Å²) < 4.78 is 77.5. The Morgan fingerprint density at radius 1 is 1.57 bits per heavy atom. The summed E-state index contributed by atoms with van der Waals surface area (Å²) in [5.41, 5.74) is 0. The molecule has 14 heavy (non-hydrogen) atoms. The number of rotatable bonds is 5. The van der Waals surface area contributed by atoms with E-state index in [1.807, 2.05) is 5.09 Å². The first kappa shape index (κ1) is 5.35. The van der Waals surface area contributed by atoms with Crippen molar-refractivity contribution in [1.82, 2.24) is 9.76 Å². The average molecular weight is 269 g/mol. The highest BCUT2D eigenvalue weighted by molar-refractivity contribution is 7.54. The van der Waals surface area contributed by atoms with Crippen LogP contribution in [0, 0.1) is 0 Å². The molecule has 0 aromatic rings. The summed E-state index contributed by atoms with van der Waals surface area (Å²) in [6, 6.07) is 0. The number of alkyl halides is 2. The van der Waals surface area contributed by atoms with Crippen LogP contribution in [0.4, 0.5) is 0 Å². The van der Waals surface area contributed by atoms with Gasteiger partial charge in [-0.3, -0.25) is 4.57 Å². The van der Waals surface area contributed by atoms with Crippen molar-refractivity contribution in [3.63, 3.8) is 0 Å². The van der Waals surface area contributed by atoms with Gasteiger partial charge < -0.3 is 4.52 Å². The van der Waals surface area contributed by atoms with Gasteiger partial charge in [-0.05, 0) is 6.42 Å². The summed E-state index contributed by atoms with van der Waals surface area (Å²) in [6.45, 7) is -6.65. The van der Waals surface area contributed by atoms with Crippen molar-refractivity contribution >= 4 is 30.9 Å². The number of nitrogens with one attached hydrogen (secondary N) is 1. The number of hydrogen-bond acceptors (Lipinski definition) is 2. The summed E-state index contributed by atoms with van der Waals surface area (Å²) in [5.74, 6) is -4.89. The van der Waals surface area contributed by atoms with Gasteiger partial charge in [-0.1, -0.05) is 0 Å². The van der Waals surface area contributed by atoms with Gasteiger partial charge in [0.15, 0.2) is 0 Å². The minimum Gasteiger partial charge on any atom is -0.306 e. The predicted molar refractivity (Wildman–Crippen MR) is 59.2 cm³/mol. The fourth-order valence-electron chi connectivity index (χ4n) is 0.827. The number of hydrogen-bond donors (Lipinski definition) is 1. The zero-order valence-corrected chi connectivity index (χ0v) is 9.49. The highest BCUT2D eigenvalue weighted by atomic mass is 35.5. The fraction of sp³-hybridized carbons (Fsp3) is 1.00. The molecule has 0 spiro atoms. The Balaban J connectivity index is 3.18. The highest BCUT2D eigenvalue weighted by Crippen LogP contribution is 2.47. The van der Waals surface area contributed by atoms with Crippen LogP contribution in [-0.2, 0) is 9.09 Å². The van der Waals surface area contributed by atoms with E-state index in [1.54, 1.807) is 0 Å². The quantitative estimate of drug-likeness (QED) is 0.611. The lowest BCUT2D eigenvalue weighted by atomic mass is 10.5. The van der Waals surface area contributed by atoms with E-state index in [0.29, 0.717) is 4.67 Å². The lowest BCUT2D eigenvalue weighted by Gasteiger charge is -2.33. The molecule has 0 aliphatic carbocycles. The van der Waals surface area contributed by atoms with Crippen LogP contribution in [0.5, 0.6) is 0 Å². The van der Waals surface area contributed by atoms with Crippen molar-refractivity contribution in [2.24, 2.45) is 0 Å². The second-order valence-electron chi connectivity index (χ2n) is 2.31. The van der Waals surface area contributed by atoms with Gasteiger partial charge in [0.05, 0.1) is 9.30 Å². The molecule has 1 rings (SSSR count). The van der Waals surface area contributed by atoms with Gasteiger partial charge >= 0.3 is 7.67 Å². The minimum absolute atomic E-state index is 0.557. The summed E-state index contributed by atoms with van der Waals surface area (Å²) in [6.07, 6.45) is -0.751. The van der Waals surface area contributed by atoms with Crippen LogP contribution >= 0.6 is 30.9 Å². The molecule has 1 unspecified atom stereocenters. The Morgan fingerprint density at radius 2 is 2.21 bits per heavy atom. The summed E-state index contributed by atoms with van der Waals surface area (Å²) >= 11 is 10.8. The molecule has 1 aliphatic heterocycles. The van der Waals surface area contributed by atoms with Gasteiger partial charge in [-0.25, -0.2) is 9.76 Å². The predicted octanol–water partition coefficient (Wildman–Crippen LogP) is 1.88. The Kier molecular flexibility index (Phi) is 2.41. The molecule has 1 N–H and O–H groups in total. The SMILES string of the molecule is [2H]C([2H])(Cl)CN(CC([2H])([2H])Cl)P1(=O)NC([2H])([2H])CC([2H])([2H])O1. The largest absolute Gasteiger partial charge is 0.343 e. The number of nitrogens with zero attached hydrogens (tertiary/aromatic N) is 1. The van der Waals surface area contributed by atoms with Gasteiger partial charge in [-0.15, -0.1) is 23.2 Å². The van der Waals surface area contributed by atoms with Crippen LogP contribution in [0.1, 0.15) is 17.4 Å². The van der Waals surface area contributed by atoms with E-state index >= 15 is 0 Å². The maximum atomic E-state index is 12.8. The van der Waals surface area contributed by atoms with E-state index in [2.05, 4.69) is 0 Å². The second kappa shape index (κ2) is 6.31. The zero-order chi connectivity index (χ0) is 17.6. The Bertz CT molecular complexity index is 432. The molecule has 0 bridgehead atoms. The molecule has 0 aromatic carbocycles. The smallest absolute Gasteiger partial charge is 0.306 e. The Morgan fingerprint density at radius 3 is 2.71 bits per heavy atom. The average Bonchev–Trinajstić information content (AvgIpc) is 2.04. The highest BCUT2D eigenvalue weighted by Gasteiger charge is 2.32. The molecule has 1 saturated heterocycles. The summed E-state index contributed by atoms with van der Waals surface area (Å²) in [7, 11) is -4.48. The van der Waals surface area contributed by atoms with E-state index in [1.165, 1.54) is 0 Å². The fourth-order valence-corrected chi connectivity index (χ4v) is 2.62. The summed E-state index contributed by atoms with van der Waals surface area (Å²) in [5, 5.41) is 1.97. The van der Waals surface area contributed by atoms with Crippen LogP contribution < -0.4 is 5.09 Å². The van der Waals surface area contributed by atoms with Crippen molar-refractivity contribution in [2.45, 2.75) is 6.42 Å². The van der Waals surface area contributed by atoms with Gasteiger partial charge in [0.2, 0.25) is 0 Å². The molecule has 1 aliphatic rings. The Hall–Kier alpha value is 0.690. The molecule has 1 fully saturated rings. The lowest BCUT2D eigenvalue weighted by Crippen LogP contribution is -2.35. The molecule has 0 amide bonds. The normalized spacial score (nSPS) is 45.9. The van der Waals surface area contributed by atoms with Crippen molar-refractivity contribution in [2.75, 3.05) is 37.8 Å². The molecule has 4 nitrogen and oxygen atoms in total. The van der Waals surface area contributed by atoms with Crippen molar-refractivity contribution in [3.05, 3.63) is 0 Å². The lowest BCUT2D eigenvalue weighted by molar-refractivity contribution is 0.233. The molecule has 0 saturated carbocycles. The Labute approximate surface area is 106 Å². The molecular formula is C7H15Cl2N2O2P. The first-order valence-corrected chi connectivity index (χ1v) is 6.00. The molecule has 1 heterocycles. The van der Waals surface area contributed by atoms with Crippen LogP contribution in [0.25, 0.3) is 0 Å². The first-order chi connectivity index (χ1) is 9.43. The van der Waals surface area contributed by atoms with E-state index < -0.39 is 51.9 Å². The molecule has 84 valence electrons. The van der Waals surface area contributed by atoms with E-state index in [0.717, 1.165) is 0 Å². The maximum absolute atomic E-state index is 12.8. The molecule has 1 atom stereocenters. The van der Waals surface area contributed by atoms with Gasteiger partial charge in [0.25, 0.3) is 0 Å². The number of halogens is 2. The minimum atomic E-state index is -4.48. The topological polar surface area (TPSA) is 41.6 Å². The third-order valence-corrected chi connectivity index (χ3v) is 3.51. The van der Waals surface area contributed by atoms with Crippen molar-refractivity contribution in [3.8, 4) is 0 Å². The van der Waals surface area contributed by atoms with Crippen molar-refractivity contribution < 1.29 is 20.1 Å². The second-order valence-corrected chi connectivity index (χ2v) is 4.86. The van der Waals surface area contributed by atoms with Gasteiger partial charge in [-0.2, -0.15) is 0 Å². The molecule has 0 aromatic heterocycles. The monoisotopic (exact) mass is 268 g/mol. The van der Waals surface area contributed by atoms with E-state index in [-0.39, 0.29) is 0 Å². The van der Waals surface area contributed by atoms with Crippen molar-refractivity contribution in [1.29, 1.82) is 0 Å². The molecular weight excluding hydrogens is 246 g/mol.